The van der Waals surface area contributed by atoms with Crippen LogP contribution in [0.3, 0.4) is 0 Å². The van der Waals surface area contributed by atoms with Crippen molar-refractivity contribution >= 4 is 10.0 Å². The van der Waals surface area contributed by atoms with Crippen LogP contribution in [0.1, 0.15) is 43.7 Å². The lowest BCUT2D eigenvalue weighted by Gasteiger charge is -2.22. The van der Waals surface area contributed by atoms with Gasteiger partial charge in [-0.05, 0) is 60.8 Å². The molecule has 3 rings (SSSR count). The Morgan fingerprint density at radius 1 is 1.25 bits per heavy atom. The van der Waals surface area contributed by atoms with E-state index < -0.39 is 10.0 Å². The van der Waals surface area contributed by atoms with Crippen LogP contribution in [0.2, 0.25) is 0 Å². The predicted octanol–water partition coefficient (Wildman–Crippen LogP) is 2.48. The van der Waals surface area contributed by atoms with Crippen LogP contribution < -0.4 is 10.5 Å². The van der Waals surface area contributed by atoms with E-state index in [4.69, 9.17) is 10.5 Å². The van der Waals surface area contributed by atoms with Gasteiger partial charge in [0.15, 0.2) is 0 Å². The third kappa shape index (κ3) is 2.85. The summed E-state index contributed by atoms with van der Waals surface area (Å²) in [5, 5.41) is 0. The second-order valence-electron chi connectivity index (χ2n) is 7.50. The summed E-state index contributed by atoms with van der Waals surface area (Å²) in [6, 6.07) is 3.77. The molecule has 5 nitrogen and oxygen atoms in total. The third-order valence-electron chi connectivity index (χ3n) is 5.65. The van der Waals surface area contributed by atoms with E-state index in [0.717, 1.165) is 29.7 Å². The molecule has 0 bridgehead atoms. The molecule has 1 aliphatic carbocycles. The molecule has 2 fully saturated rings. The molecule has 0 aromatic heterocycles. The maximum absolute atomic E-state index is 13.2. The average Bonchev–Trinajstić information content (AvgIpc) is 3.09. The quantitative estimate of drug-likeness (QED) is 0.903. The number of hydrogen-bond acceptors (Lipinski definition) is 4. The molecule has 0 spiro atoms. The van der Waals surface area contributed by atoms with Crippen molar-refractivity contribution in [3.8, 4) is 5.75 Å². The van der Waals surface area contributed by atoms with Crippen molar-refractivity contribution in [1.29, 1.82) is 0 Å². The first kappa shape index (κ1) is 17.7. The summed E-state index contributed by atoms with van der Waals surface area (Å²) < 4.78 is 33.5. The number of nitrogens with two attached hydrogens (primary N) is 1. The fourth-order valence-electron chi connectivity index (χ4n) is 4.19. The van der Waals surface area contributed by atoms with Crippen LogP contribution in [0.15, 0.2) is 17.0 Å². The maximum Gasteiger partial charge on any atom is 0.243 e. The van der Waals surface area contributed by atoms with Gasteiger partial charge in [-0.25, -0.2) is 8.42 Å². The molecule has 134 valence electrons. The second kappa shape index (κ2) is 6.32. The van der Waals surface area contributed by atoms with Crippen LogP contribution >= 0.6 is 0 Å². The Balaban J connectivity index is 1.97. The van der Waals surface area contributed by atoms with Crippen LogP contribution in [0, 0.1) is 18.8 Å². The molecule has 24 heavy (non-hydrogen) atoms. The van der Waals surface area contributed by atoms with Gasteiger partial charge in [0.2, 0.25) is 10.0 Å². The number of sulfonamides is 1. The van der Waals surface area contributed by atoms with Crippen molar-refractivity contribution in [2.24, 2.45) is 17.6 Å². The molecule has 1 aromatic rings. The molecule has 0 amide bonds. The molecule has 1 aliphatic heterocycles. The third-order valence-corrected chi connectivity index (χ3v) is 7.62. The molecule has 2 aliphatic rings. The Hall–Kier alpha value is -1.11. The molecule has 1 saturated carbocycles. The molecule has 1 saturated heterocycles. The van der Waals surface area contributed by atoms with Crippen LogP contribution in [0.5, 0.6) is 5.75 Å². The van der Waals surface area contributed by atoms with E-state index in [0.29, 0.717) is 29.8 Å². The van der Waals surface area contributed by atoms with Crippen LogP contribution in [0.25, 0.3) is 0 Å². The molecular weight excluding hydrogens is 324 g/mol. The zero-order chi connectivity index (χ0) is 17.6. The summed E-state index contributed by atoms with van der Waals surface area (Å²) in [6.07, 6.45) is 2.05. The van der Waals surface area contributed by atoms with Crippen molar-refractivity contribution in [1.82, 2.24) is 4.31 Å². The van der Waals surface area contributed by atoms with Gasteiger partial charge in [0, 0.05) is 19.1 Å². The number of fused-ring (bicyclic) bond motifs is 1. The standard InChI is InChI=1S/C18H28N2O3S/c1-11(2)14-8-18(12(3)7-17(14)23-4)24(21,22)20-9-13-5-6-16(19)15(13)10-20/h7-8,11,13,15-16H,5-6,9-10,19H2,1-4H3. The van der Waals surface area contributed by atoms with Gasteiger partial charge in [0.1, 0.15) is 5.75 Å². The average molecular weight is 353 g/mol. The summed E-state index contributed by atoms with van der Waals surface area (Å²) in [5.41, 5.74) is 7.82. The van der Waals surface area contributed by atoms with Crippen molar-refractivity contribution in [2.75, 3.05) is 20.2 Å². The normalized spacial score (nSPS) is 27.7. The lowest BCUT2D eigenvalue weighted by molar-refractivity contribution is 0.406. The highest BCUT2D eigenvalue weighted by Crippen LogP contribution is 2.40. The van der Waals surface area contributed by atoms with Gasteiger partial charge in [-0.3, -0.25) is 0 Å². The fraction of sp³-hybridized carbons (Fsp3) is 0.667. The van der Waals surface area contributed by atoms with Crippen LogP contribution in [-0.2, 0) is 10.0 Å². The zero-order valence-electron chi connectivity index (χ0n) is 15.0. The van der Waals surface area contributed by atoms with Gasteiger partial charge in [-0.2, -0.15) is 4.31 Å². The first-order valence-corrected chi connectivity index (χ1v) is 10.1. The Morgan fingerprint density at radius 3 is 2.54 bits per heavy atom. The molecule has 1 aromatic carbocycles. The Kier molecular flexibility index (Phi) is 4.66. The van der Waals surface area contributed by atoms with Crippen LogP contribution in [0.4, 0.5) is 0 Å². The number of aryl methyl sites for hydroxylation is 1. The number of hydrogen-bond donors (Lipinski definition) is 1. The largest absolute Gasteiger partial charge is 0.496 e. The maximum atomic E-state index is 13.2. The van der Waals surface area contributed by atoms with E-state index in [1.807, 2.05) is 26.8 Å². The van der Waals surface area contributed by atoms with E-state index in [-0.39, 0.29) is 12.0 Å². The van der Waals surface area contributed by atoms with E-state index in [1.165, 1.54) is 0 Å². The summed E-state index contributed by atoms with van der Waals surface area (Å²) in [5.74, 6) is 1.67. The number of methoxy groups -OCH3 is 1. The number of benzene rings is 1. The molecule has 0 radical (unpaired) electrons. The minimum absolute atomic E-state index is 0.137. The predicted molar refractivity (Wildman–Crippen MR) is 94.8 cm³/mol. The SMILES string of the molecule is COc1cc(C)c(S(=O)(=O)N2CC3CCC(N)C3C2)cc1C(C)C. The smallest absolute Gasteiger partial charge is 0.243 e. The number of ether oxygens (including phenoxy) is 1. The van der Waals surface area contributed by atoms with Gasteiger partial charge in [-0.1, -0.05) is 13.8 Å². The minimum Gasteiger partial charge on any atom is -0.496 e. The van der Waals surface area contributed by atoms with Crippen molar-refractivity contribution < 1.29 is 13.2 Å². The lowest BCUT2D eigenvalue weighted by atomic mass is 9.98. The van der Waals surface area contributed by atoms with E-state index in [2.05, 4.69) is 0 Å². The highest BCUT2D eigenvalue weighted by Gasteiger charge is 2.45. The Bertz CT molecular complexity index is 730. The van der Waals surface area contributed by atoms with E-state index >= 15 is 0 Å². The molecule has 1 heterocycles. The second-order valence-corrected chi connectivity index (χ2v) is 9.41. The van der Waals surface area contributed by atoms with Crippen LogP contribution in [-0.4, -0.2) is 39.0 Å². The van der Waals surface area contributed by atoms with Gasteiger partial charge in [-0.15, -0.1) is 0 Å². The highest BCUT2D eigenvalue weighted by atomic mass is 32.2. The lowest BCUT2D eigenvalue weighted by Crippen LogP contribution is -2.33. The van der Waals surface area contributed by atoms with Gasteiger partial charge in [0.25, 0.3) is 0 Å². The van der Waals surface area contributed by atoms with Gasteiger partial charge >= 0.3 is 0 Å². The van der Waals surface area contributed by atoms with Gasteiger partial charge < -0.3 is 10.5 Å². The number of rotatable bonds is 4. The van der Waals surface area contributed by atoms with E-state index in [9.17, 15) is 8.42 Å². The van der Waals surface area contributed by atoms with Crippen molar-refractivity contribution in [2.45, 2.75) is 50.5 Å². The minimum atomic E-state index is -3.49. The zero-order valence-corrected chi connectivity index (χ0v) is 15.8. The molecule has 3 atom stereocenters. The molecule has 3 unspecified atom stereocenters. The fourth-order valence-corrected chi connectivity index (χ4v) is 5.96. The summed E-state index contributed by atoms with van der Waals surface area (Å²) in [4.78, 5) is 0.403. The Labute approximate surface area is 145 Å². The first-order chi connectivity index (χ1) is 11.3. The summed E-state index contributed by atoms with van der Waals surface area (Å²) in [6.45, 7) is 7.08. The first-order valence-electron chi connectivity index (χ1n) is 8.70. The molecule has 6 heteroatoms. The topological polar surface area (TPSA) is 72.6 Å². The number of nitrogens with zero attached hydrogens (tertiary/aromatic N) is 1. The van der Waals surface area contributed by atoms with E-state index in [1.54, 1.807) is 17.5 Å². The van der Waals surface area contributed by atoms with Crippen molar-refractivity contribution in [3.63, 3.8) is 0 Å². The monoisotopic (exact) mass is 352 g/mol. The van der Waals surface area contributed by atoms with Crippen molar-refractivity contribution in [3.05, 3.63) is 23.3 Å². The summed E-state index contributed by atoms with van der Waals surface area (Å²) >= 11 is 0. The molecule has 2 N–H and O–H groups in total. The Morgan fingerprint density at radius 2 is 1.96 bits per heavy atom. The highest BCUT2D eigenvalue weighted by molar-refractivity contribution is 7.89. The summed E-state index contributed by atoms with van der Waals surface area (Å²) in [7, 11) is -1.87. The molecular formula is C18H28N2O3S. The van der Waals surface area contributed by atoms with Gasteiger partial charge in [0.05, 0.1) is 12.0 Å².